The summed E-state index contributed by atoms with van der Waals surface area (Å²) in [4.78, 5) is 0. The van der Waals surface area contributed by atoms with E-state index in [1.165, 1.54) is 0 Å². The molecule has 0 saturated carbocycles. The Kier molecular flexibility index (Phi) is 4.26. The van der Waals surface area contributed by atoms with E-state index in [4.69, 9.17) is 5.73 Å². The number of nitrogens with one attached hydrogen (secondary N) is 1. The van der Waals surface area contributed by atoms with Gasteiger partial charge in [0.25, 0.3) is 0 Å². The van der Waals surface area contributed by atoms with Crippen LogP contribution in [0.3, 0.4) is 0 Å². The number of hydrogen-bond donors (Lipinski definition) is 3. The minimum absolute atomic E-state index is 0.00171. The van der Waals surface area contributed by atoms with E-state index in [9.17, 15) is 8.42 Å². The third kappa shape index (κ3) is 3.62. The molecule has 0 unspecified atom stereocenters. The van der Waals surface area contributed by atoms with Gasteiger partial charge in [-0.3, -0.25) is 0 Å². The predicted octanol–water partition coefficient (Wildman–Crippen LogP) is 0.631. The fourth-order valence-electron chi connectivity index (χ4n) is 1.35. The van der Waals surface area contributed by atoms with Gasteiger partial charge in [-0.05, 0) is 30.5 Å². The van der Waals surface area contributed by atoms with Gasteiger partial charge in [0.05, 0.1) is 0 Å². The first-order valence-corrected chi connectivity index (χ1v) is 5.91. The molecule has 0 aliphatic carbocycles. The van der Waals surface area contributed by atoms with Crippen molar-refractivity contribution in [3.05, 3.63) is 34.9 Å². The van der Waals surface area contributed by atoms with Crippen LogP contribution in [0.15, 0.2) is 18.2 Å². The van der Waals surface area contributed by atoms with E-state index < -0.39 is 10.9 Å². The van der Waals surface area contributed by atoms with Crippen LogP contribution in [0.5, 0.6) is 0 Å². The second-order valence-electron chi connectivity index (χ2n) is 3.57. The Balaban J connectivity index is 2.83. The molecule has 0 aliphatic heterocycles. The average molecular weight is 228 g/mol. The Morgan fingerprint density at radius 3 is 2.60 bits per heavy atom. The number of hydrogen-bond acceptors (Lipinski definition) is 3. The summed E-state index contributed by atoms with van der Waals surface area (Å²) in [6.07, 6.45) is 0. The maximum atomic E-state index is 10.4. The van der Waals surface area contributed by atoms with Crippen LogP contribution in [0.25, 0.3) is 0 Å². The molecule has 0 amide bonds. The van der Waals surface area contributed by atoms with Crippen LogP contribution >= 0.6 is 0 Å². The Hall–Kier alpha value is -0.910. The number of rotatable bonds is 4. The lowest BCUT2D eigenvalue weighted by atomic mass is 10.0. The molecule has 0 aliphatic rings. The van der Waals surface area contributed by atoms with Gasteiger partial charge in [-0.2, -0.15) is 0 Å². The molecule has 84 valence electrons. The first-order chi connectivity index (χ1) is 7.00. The van der Waals surface area contributed by atoms with Crippen molar-refractivity contribution in [3.8, 4) is 0 Å². The smallest absolute Gasteiger partial charge is 0.201 e. The molecule has 0 bridgehead atoms. The largest absolute Gasteiger partial charge is 0.324 e. The van der Waals surface area contributed by atoms with Crippen molar-refractivity contribution in [2.45, 2.75) is 26.4 Å². The molecule has 1 rings (SSSR count). The van der Waals surface area contributed by atoms with E-state index in [0.29, 0.717) is 6.54 Å². The highest BCUT2D eigenvalue weighted by molar-refractivity contribution is 7.70. The van der Waals surface area contributed by atoms with Crippen LogP contribution in [-0.2, 0) is 17.4 Å². The van der Waals surface area contributed by atoms with Gasteiger partial charge < -0.3 is 5.73 Å². The summed E-state index contributed by atoms with van der Waals surface area (Å²) in [5, 5.41) is 0. The summed E-state index contributed by atoms with van der Waals surface area (Å²) < 4.78 is 23.1. The van der Waals surface area contributed by atoms with Crippen molar-refractivity contribution in [1.82, 2.24) is 4.72 Å². The van der Waals surface area contributed by atoms with E-state index in [-0.39, 0.29) is 6.04 Å². The summed E-state index contributed by atoms with van der Waals surface area (Å²) in [6, 6.07) is 5.81. The minimum atomic E-state index is -2.53. The Labute approximate surface area is 91.6 Å². The predicted molar refractivity (Wildman–Crippen MR) is 60.9 cm³/mol. The number of thiol groups is 1. The molecule has 3 N–H and O–H groups in total. The molecule has 1 aromatic rings. The normalized spacial score (nSPS) is 13.1. The summed E-state index contributed by atoms with van der Waals surface area (Å²) in [6.45, 7) is 4.20. The quantitative estimate of drug-likeness (QED) is 0.662. The van der Waals surface area contributed by atoms with E-state index in [1.54, 1.807) is 0 Å². The van der Waals surface area contributed by atoms with Crippen LogP contribution in [0.1, 0.15) is 29.7 Å². The lowest BCUT2D eigenvalue weighted by Crippen LogP contribution is -2.12. The van der Waals surface area contributed by atoms with Gasteiger partial charge in [0.1, 0.15) is 0 Å². The molecule has 0 spiro atoms. The molecule has 0 aromatic heterocycles. The van der Waals surface area contributed by atoms with E-state index in [1.807, 2.05) is 32.0 Å². The Morgan fingerprint density at radius 2 is 2.13 bits per heavy atom. The van der Waals surface area contributed by atoms with Gasteiger partial charge in [-0.1, -0.05) is 18.2 Å². The first-order valence-electron chi connectivity index (χ1n) is 4.73. The Bertz CT molecular complexity index is 406. The van der Waals surface area contributed by atoms with Gasteiger partial charge >= 0.3 is 0 Å². The van der Waals surface area contributed by atoms with Crippen LogP contribution < -0.4 is 10.5 Å². The van der Waals surface area contributed by atoms with Crippen molar-refractivity contribution in [1.29, 1.82) is 0 Å². The van der Waals surface area contributed by atoms with Crippen LogP contribution in [0.2, 0.25) is 0 Å². The standard InChI is InChI=1S/C10H16N2O2S/c1-7-5-9(8(2)11)3-4-10(7)6-12-15(13)14/h3-5,8,15H,6,11H2,1-2H3,(H,12,13,14)/t8-/m1/s1. The van der Waals surface area contributed by atoms with Crippen molar-refractivity contribution in [2.75, 3.05) is 0 Å². The lowest BCUT2D eigenvalue weighted by Gasteiger charge is -2.10. The highest BCUT2D eigenvalue weighted by atomic mass is 32.2. The number of benzene rings is 1. The molecular formula is C10H16N2O2S. The highest BCUT2D eigenvalue weighted by Crippen LogP contribution is 2.15. The summed E-state index contributed by atoms with van der Waals surface area (Å²) in [5.41, 5.74) is 8.82. The van der Waals surface area contributed by atoms with Gasteiger partial charge in [0.15, 0.2) is 0 Å². The van der Waals surface area contributed by atoms with Gasteiger partial charge in [-0.15, -0.1) is 0 Å². The molecule has 0 heterocycles. The van der Waals surface area contributed by atoms with E-state index in [0.717, 1.165) is 16.7 Å². The molecule has 4 nitrogen and oxygen atoms in total. The Morgan fingerprint density at radius 1 is 1.47 bits per heavy atom. The van der Waals surface area contributed by atoms with E-state index in [2.05, 4.69) is 4.72 Å². The van der Waals surface area contributed by atoms with Gasteiger partial charge in [0, 0.05) is 12.6 Å². The second-order valence-corrected chi connectivity index (χ2v) is 4.40. The fraction of sp³-hybridized carbons (Fsp3) is 0.400. The third-order valence-corrected chi connectivity index (χ3v) is 2.71. The lowest BCUT2D eigenvalue weighted by molar-refractivity contribution is 0.601. The third-order valence-electron chi connectivity index (χ3n) is 2.29. The molecule has 1 atom stereocenters. The molecule has 5 heteroatoms. The number of aryl methyl sites for hydroxylation is 1. The SMILES string of the molecule is Cc1cc([C@@H](C)N)ccc1CN[SH](=O)=O. The molecular weight excluding hydrogens is 212 g/mol. The van der Waals surface area contributed by atoms with Crippen molar-refractivity contribution < 1.29 is 8.42 Å². The maximum absolute atomic E-state index is 10.4. The van der Waals surface area contributed by atoms with Crippen LogP contribution in [-0.4, -0.2) is 8.42 Å². The molecule has 15 heavy (non-hydrogen) atoms. The van der Waals surface area contributed by atoms with Crippen LogP contribution in [0.4, 0.5) is 0 Å². The zero-order chi connectivity index (χ0) is 11.4. The van der Waals surface area contributed by atoms with Gasteiger partial charge in [0.2, 0.25) is 10.9 Å². The summed E-state index contributed by atoms with van der Waals surface area (Å²) in [5.74, 6) is 0. The summed E-state index contributed by atoms with van der Waals surface area (Å²) >= 11 is 0. The minimum Gasteiger partial charge on any atom is -0.324 e. The number of nitrogens with two attached hydrogens (primary N) is 1. The molecule has 0 fully saturated rings. The van der Waals surface area contributed by atoms with Crippen molar-refractivity contribution in [2.24, 2.45) is 5.73 Å². The zero-order valence-electron chi connectivity index (χ0n) is 8.86. The average Bonchev–Trinajstić information content (AvgIpc) is 2.15. The highest BCUT2D eigenvalue weighted by Gasteiger charge is 2.03. The molecule has 1 aromatic carbocycles. The van der Waals surface area contributed by atoms with Crippen LogP contribution in [0, 0.1) is 6.92 Å². The molecule has 0 radical (unpaired) electrons. The van der Waals surface area contributed by atoms with E-state index >= 15 is 0 Å². The second kappa shape index (κ2) is 5.25. The monoisotopic (exact) mass is 228 g/mol. The van der Waals surface area contributed by atoms with Crippen molar-refractivity contribution >= 4 is 10.9 Å². The fourth-order valence-corrected chi connectivity index (χ4v) is 1.65. The van der Waals surface area contributed by atoms with Gasteiger partial charge in [-0.25, -0.2) is 13.1 Å². The maximum Gasteiger partial charge on any atom is 0.201 e. The summed E-state index contributed by atoms with van der Waals surface area (Å²) in [7, 11) is -2.53. The first kappa shape index (κ1) is 12.2. The zero-order valence-corrected chi connectivity index (χ0v) is 9.75. The topological polar surface area (TPSA) is 72.2 Å². The molecule has 0 saturated heterocycles. The van der Waals surface area contributed by atoms with Crippen molar-refractivity contribution in [3.63, 3.8) is 0 Å².